The zero-order valence-electron chi connectivity index (χ0n) is 15.7. The van der Waals surface area contributed by atoms with Gasteiger partial charge in [0, 0.05) is 26.1 Å². The average molecular weight is 387 g/mol. The summed E-state index contributed by atoms with van der Waals surface area (Å²) in [7, 11) is 0. The Balaban J connectivity index is 0.00000261. The van der Waals surface area contributed by atoms with E-state index >= 15 is 0 Å². The molecule has 0 aliphatic heterocycles. The number of carbonyl (C=O) groups excluding carboxylic acids is 1. The standard InChI is InChI=1S/C21H26N4O.ClH/c1-2-20-23-18-10-6-7-11-19(18)25(20)16-21(26)24(15-13-22)14-12-17-8-4-3-5-9-17;/h3-11H,2,12-16,22H2,1H3;1H. The van der Waals surface area contributed by atoms with Gasteiger partial charge in [0.15, 0.2) is 0 Å². The summed E-state index contributed by atoms with van der Waals surface area (Å²) in [5, 5.41) is 0. The fourth-order valence-corrected chi connectivity index (χ4v) is 3.23. The summed E-state index contributed by atoms with van der Waals surface area (Å²) in [6.45, 7) is 4.08. The third-order valence-corrected chi connectivity index (χ3v) is 4.61. The molecule has 0 atom stereocenters. The highest BCUT2D eigenvalue weighted by Gasteiger charge is 2.17. The van der Waals surface area contributed by atoms with Crippen molar-refractivity contribution in [1.29, 1.82) is 0 Å². The van der Waals surface area contributed by atoms with E-state index in [0.29, 0.717) is 26.2 Å². The topological polar surface area (TPSA) is 64.2 Å². The highest BCUT2D eigenvalue weighted by atomic mass is 35.5. The number of imidazole rings is 1. The molecule has 5 nitrogen and oxygen atoms in total. The minimum Gasteiger partial charge on any atom is -0.340 e. The highest BCUT2D eigenvalue weighted by Crippen LogP contribution is 2.17. The second kappa shape index (κ2) is 10.1. The number of hydrogen-bond acceptors (Lipinski definition) is 3. The lowest BCUT2D eigenvalue weighted by molar-refractivity contribution is -0.131. The monoisotopic (exact) mass is 386 g/mol. The molecular weight excluding hydrogens is 360 g/mol. The van der Waals surface area contributed by atoms with E-state index in [2.05, 4.69) is 24.0 Å². The van der Waals surface area contributed by atoms with Crippen molar-refractivity contribution >= 4 is 29.3 Å². The van der Waals surface area contributed by atoms with Gasteiger partial charge in [0.05, 0.1) is 11.0 Å². The van der Waals surface area contributed by atoms with Gasteiger partial charge >= 0.3 is 0 Å². The SMILES string of the molecule is CCc1nc2ccccc2n1CC(=O)N(CCN)CCc1ccccc1.Cl. The maximum atomic E-state index is 13.0. The molecular formula is C21H27ClN4O. The predicted octanol–water partition coefficient (Wildman–Crippen LogP) is 3.05. The zero-order chi connectivity index (χ0) is 18.4. The van der Waals surface area contributed by atoms with Crippen molar-refractivity contribution < 1.29 is 4.79 Å². The first-order valence-electron chi connectivity index (χ1n) is 9.18. The van der Waals surface area contributed by atoms with Gasteiger partial charge in [0.2, 0.25) is 5.91 Å². The number of fused-ring (bicyclic) bond motifs is 1. The van der Waals surface area contributed by atoms with Crippen LogP contribution in [-0.2, 0) is 24.2 Å². The molecule has 3 rings (SSSR count). The van der Waals surface area contributed by atoms with E-state index in [-0.39, 0.29) is 18.3 Å². The first-order valence-corrected chi connectivity index (χ1v) is 9.18. The van der Waals surface area contributed by atoms with Gasteiger partial charge in [-0.25, -0.2) is 4.98 Å². The summed E-state index contributed by atoms with van der Waals surface area (Å²) in [5.41, 5.74) is 8.91. The minimum atomic E-state index is 0. The van der Waals surface area contributed by atoms with E-state index in [1.807, 2.05) is 51.9 Å². The molecule has 1 heterocycles. The summed E-state index contributed by atoms with van der Waals surface area (Å²) in [4.78, 5) is 19.5. The number of hydrogen-bond donors (Lipinski definition) is 1. The Morgan fingerprint density at radius 3 is 2.48 bits per heavy atom. The zero-order valence-corrected chi connectivity index (χ0v) is 16.5. The van der Waals surface area contributed by atoms with Crippen LogP contribution in [0, 0.1) is 0 Å². The summed E-state index contributed by atoms with van der Waals surface area (Å²) >= 11 is 0. The third kappa shape index (κ3) is 5.08. The van der Waals surface area contributed by atoms with E-state index < -0.39 is 0 Å². The summed E-state index contributed by atoms with van der Waals surface area (Å²) < 4.78 is 2.03. The minimum absolute atomic E-state index is 0. The van der Waals surface area contributed by atoms with E-state index in [4.69, 9.17) is 5.73 Å². The normalized spacial score (nSPS) is 10.6. The Morgan fingerprint density at radius 1 is 1.07 bits per heavy atom. The van der Waals surface area contributed by atoms with Crippen LogP contribution in [0.3, 0.4) is 0 Å². The Labute approximate surface area is 166 Å². The highest BCUT2D eigenvalue weighted by molar-refractivity contribution is 5.85. The molecule has 1 aromatic heterocycles. The van der Waals surface area contributed by atoms with Crippen molar-refractivity contribution in [2.45, 2.75) is 26.3 Å². The van der Waals surface area contributed by atoms with Crippen molar-refractivity contribution in [3.8, 4) is 0 Å². The van der Waals surface area contributed by atoms with Gasteiger partial charge in [-0.3, -0.25) is 4.79 Å². The Morgan fingerprint density at radius 2 is 1.78 bits per heavy atom. The Kier molecular flexibility index (Phi) is 7.82. The van der Waals surface area contributed by atoms with E-state index in [0.717, 1.165) is 29.7 Å². The summed E-state index contributed by atoms with van der Waals surface area (Å²) in [6, 6.07) is 18.2. The summed E-state index contributed by atoms with van der Waals surface area (Å²) in [6.07, 6.45) is 1.63. The van der Waals surface area contributed by atoms with Crippen molar-refractivity contribution in [3.63, 3.8) is 0 Å². The fourth-order valence-electron chi connectivity index (χ4n) is 3.23. The van der Waals surface area contributed by atoms with E-state index in [9.17, 15) is 4.79 Å². The van der Waals surface area contributed by atoms with Crippen molar-refractivity contribution in [3.05, 3.63) is 66.0 Å². The van der Waals surface area contributed by atoms with Crippen LogP contribution < -0.4 is 5.73 Å². The molecule has 3 aromatic rings. The third-order valence-electron chi connectivity index (χ3n) is 4.61. The molecule has 2 N–H and O–H groups in total. The van der Waals surface area contributed by atoms with Crippen LogP contribution in [0.5, 0.6) is 0 Å². The lowest BCUT2D eigenvalue weighted by Gasteiger charge is -2.23. The number of amides is 1. The van der Waals surface area contributed by atoms with Crippen LogP contribution in [-0.4, -0.2) is 40.0 Å². The van der Waals surface area contributed by atoms with Gasteiger partial charge in [-0.2, -0.15) is 0 Å². The number of benzene rings is 2. The Bertz CT molecular complexity index is 863. The molecule has 0 fully saturated rings. The van der Waals surface area contributed by atoms with Crippen LogP contribution in [0.15, 0.2) is 54.6 Å². The smallest absolute Gasteiger partial charge is 0.242 e. The number of carbonyl (C=O) groups is 1. The van der Waals surface area contributed by atoms with Gasteiger partial charge in [0.25, 0.3) is 0 Å². The molecule has 6 heteroatoms. The molecule has 144 valence electrons. The molecule has 2 aromatic carbocycles. The molecule has 0 unspecified atom stereocenters. The molecule has 0 radical (unpaired) electrons. The van der Waals surface area contributed by atoms with Crippen LogP contribution in [0.1, 0.15) is 18.3 Å². The molecule has 0 aliphatic rings. The first kappa shape index (κ1) is 20.9. The maximum absolute atomic E-state index is 13.0. The number of rotatable bonds is 8. The Hall–Kier alpha value is -2.37. The molecule has 0 bridgehead atoms. The van der Waals surface area contributed by atoms with Crippen LogP contribution in [0.25, 0.3) is 11.0 Å². The van der Waals surface area contributed by atoms with E-state index in [1.54, 1.807) is 0 Å². The lowest BCUT2D eigenvalue weighted by atomic mass is 10.1. The second-order valence-corrected chi connectivity index (χ2v) is 6.36. The van der Waals surface area contributed by atoms with Crippen molar-refractivity contribution in [1.82, 2.24) is 14.5 Å². The predicted molar refractivity (Wildman–Crippen MR) is 112 cm³/mol. The largest absolute Gasteiger partial charge is 0.340 e. The lowest BCUT2D eigenvalue weighted by Crippen LogP contribution is -2.39. The second-order valence-electron chi connectivity index (χ2n) is 6.36. The first-order chi connectivity index (χ1) is 12.7. The number of halogens is 1. The van der Waals surface area contributed by atoms with Gasteiger partial charge in [0.1, 0.15) is 12.4 Å². The molecule has 0 saturated carbocycles. The average Bonchev–Trinajstić information content (AvgIpc) is 3.03. The number of aromatic nitrogens is 2. The molecule has 27 heavy (non-hydrogen) atoms. The molecule has 0 aliphatic carbocycles. The van der Waals surface area contributed by atoms with Crippen LogP contribution in [0.4, 0.5) is 0 Å². The van der Waals surface area contributed by atoms with E-state index in [1.165, 1.54) is 5.56 Å². The molecule has 1 amide bonds. The van der Waals surface area contributed by atoms with Gasteiger partial charge in [-0.05, 0) is 24.1 Å². The van der Waals surface area contributed by atoms with Gasteiger partial charge in [-0.15, -0.1) is 12.4 Å². The molecule has 0 saturated heterocycles. The molecule has 0 spiro atoms. The summed E-state index contributed by atoms with van der Waals surface area (Å²) in [5.74, 6) is 1.03. The number of nitrogens with zero attached hydrogens (tertiary/aromatic N) is 3. The maximum Gasteiger partial charge on any atom is 0.242 e. The number of aryl methyl sites for hydroxylation is 1. The van der Waals surface area contributed by atoms with Gasteiger partial charge < -0.3 is 15.2 Å². The number of nitrogens with two attached hydrogens (primary N) is 1. The van der Waals surface area contributed by atoms with Crippen molar-refractivity contribution in [2.24, 2.45) is 5.73 Å². The van der Waals surface area contributed by atoms with Crippen molar-refractivity contribution in [2.75, 3.05) is 19.6 Å². The van der Waals surface area contributed by atoms with Crippen LogP contribution >= 0.6 is 12.4 Å². The fraction of sp³-hybridized carbons (Fsp3) is 0.333. The van der Waals surface area contributed by atoms with Crippen LogP contribution in [0.2, 0.25) is 0 Å². The quantitative estimate of drug-likeness (QED) is 0.647. The number of para-hydroxylation sites is 2. The van der Waals surface area contributed by atoms with Gasteiger partial charge in [-0.1, -0.05) is 49.4 Å².